The van der Waals surface area contributed by atoms with Gasteiger partial charge in [0.2, 0.25) is 5.95 Å². The zero-order chi connectivity index (χ0) is 52.4. The second-order valence-electron chi connectivity index (χ2n) is 21.2. The Balaban J connectivity index is 0.854. The van der Waals surface area contributed by atoms with Gasteiger partial charge < -0.3 is 4.57 Å². The molecular weight excluding hydrogens is 969 g/mol. The minimum absolute atomic E-state index is 0.620. The molecule has 0 unspecified atom stereocenters. The first kappa shape index (κ1) is 44.4. The van der Waals surface area contributed by atoms with Crippen molar-refractivity contribution < 1.29 is 0 Å². The van der Waals surface area contributed by atoms with Crippen molar-refractivity contribution in [2.75, 3.05) is 0 Å². The fourth-order valence-corrected chi connectivity index (χ4v) is 13.2. The molecule has 0 spiro atoms. The molecule has 0 atom stereocenters. The van der Waals surface area contributed by atoms with E-state index in [1.165, 1.54) is 97.6 Å². The molecule has 0 aliphatic carbocycles. The fraction of sp³-hybridized carbons (Fsp3) is 0. The number of fused-ring (bicyclic) bond motifs is 18. The average Bonchev–Trinajstić information content (AvgIpc) is 4.21. The predicted octanol–water partition coefficient (Wildman–Crippen LogP) is 20.3. The molecular formula is C76H46N4. The Hall–Kier alpha value is -10.7. The second-order valence-corrected chi connectivity index (χ2v) is 21.2. The van der Waals surface area contributed by atoms with Crippen molar-refractivity contribution in [3.05, 3.63) is 279 Å². The van der Waals surface area contributed by atoms with Crippen LogP contribution >= 0.6 is 0 Å². The molecule has 3 heterocycles. The lowest BCUT2D eigenvalue weighted by molar-refractivity contribution is 0.996. The van der Waals surface area contributed by atoms with E-state index in [9.17, 15) is 0 Å². The van der Waals surface area contributed by atoms with Gasteiger partial charge in [-0.3, -0.25) is 4.57 Å². The Morgan fingerprint density at radius 2 is 0.500 bits per heavy atom. The normalized spacial score (nSPS) is 12.0. The highest BCUT2D eigenvalue weighted by Gasteiger charge is 2.21. The molecule has 4 nitrogen and oxygen atoms in total. The molecule has 3 aromatic heterocycles. The third-order valence-corrected chi connectivity index (χ3v) is 16.9. The number of benzene rings is 14. The van der Waals surface area contributed by atoms with E-state index in [4.69, 9.17) is 9.97 Å². The van der Waals surface area contributed by atoms with Crippen LogP contribution in [0.5, 0.6) is 0 Å². The van der Waals surface area contributed by atoms with Crippen LogP contribution in [0.1, 0.15) is 0 Å². The van der Waals surface area contributed by atoms with Crippen molar-refractivity contribution in [2.24, 2.45) is 0 Å². The van der Waals surface area contributed by atoms with Gasteiger partial charge in [0.05, 0.1) is 33.5 Å². The van der Waals surface area contributed by atoms with Gasteiger partial charge in [0.1, 0.15) is 0 Å². The predicted molar refractivity (Wildman–Crippen MR) is 337 cm³/mol. The monoisotopic (exact) mass is 1010 g/mol. The van der Waals surface area contributed by atoms with E-state index in [2.05, 4.69) is 288 Å². The second kappa shape index (κ2) is 17.4. The molecule has 0 saturated heterocycles. The maximum Gasteiger partial charge on any atom is 0.235 e. The van der Waals surface area contributed by atoms with Crippen LogP contribution in [0.2, 0.25) is 0 Å². The fourth-order valence-electron chi connectivity index (χ4n) is 13.2. The van der Waals surface area contributed by atoms with Gasteiger partial charge in [-0.05, 0) is 154 Å². The van der Waals surface area contributed by atoms with Gasteiger partial charge in [0, 0.05) is 38.4 Å². The van der Waals surface area contributed by atoms with Crippen LogP contribution in [0.4, 0.5) is 0 Å². The molecule has 0 radical (unpaired) electrons. The number of hydrogen-bond donors (Lipinski definition) is 0. The van der Waals surface area contributed by atoms with Gasteiger partial charge in [0.15, 0.2) is 0 Å². The van der Waals surface area contributed by atoms with E-state index in [1.54, 1.807) is 0 Å². The van der Waals surface area contributed by atoms with Crippen molar-refractivity contribution in [2.45, 2.75) is 0 Å². The number of aromatic nitrogens is 4. The van der Waals surface area contributed by atoms with Crippen LogP contribution < -0.4 is 0 Å². The highest BCUT2D eigenvalue weighted by Crippen LogP contribution is 2.43. The molecule has 370 valence electrons. The highest BCUT2D eigenvalue weighted by molar-refractivity contribution is 6.27. The zero-order valence-electron chi connectivity index (χ0n) is 43.3. The first-order valence-corrected chi connectivity index (χ1v) is 27.5. The average molecular weight is 1020 g/mol. The molecule has 0 amide bonds. The van der Waals surface area contributed by atoms with Crippen LogP contribution in [-0.4, -0.2) is 19.1 Å². The van der Waals surface area contributed by atoms with Crippen molar-refractivity contribution in [3.8, 4) is 56.4 Å². The minimum Gasteiger partial charge on any atom is -0.309 e. The summed E-state index contributed by atoms with van der Waals surface area (Å²) in [6.07, 6.45) is 0. The lowest BCUT2D eigenvalue weighted by Crippen LogP contribution is -2.04. The molecule has 0 fully saturated rings. The van der Waals surface area contributed by atoms with Crippen LogP contribution in [0, 0.1) is 0 Å². The van der Waals surface area contributed by atoms with Crippen LogP contribution in [0.25, 0.3) is 165 Å². The summed E-state index contributed by atoms with van der Waals surface area (Å²) in [6.45, 7) is 0. The first-order valence-electron chi connectivity index (χ1n) is 27.5. The van der Waals surface area contributed by atoms with E-state index in [1.807, 2.05) is 0 Å². The van der Waals surface area contributed by atoms with Gasteiger partial charge in [-0.2, -0.15) is 0 Å². The number of hydrogen-bond acceptors (Lipinski definition) is 2. The summed E-state index contributed by atoms with van der Waals surface area (Å²) >= 11 is 0. The van der Waals surface area contributed by atoms with Crippen LogP contribution in [-0.2, 0) is 0 Å². The van der Waals surface area contributed by atoms with E-state index in [0.29, 0.717) is 5.95 Å². The summed E-state index contributed by atoms with van der Waals surface area (Å²) < 4.78 is 4.67. The number of rotatable bonds is 6. The number of para-hydroxylation sites is 2. The summed E-state index contributed by atoms with van der Waals surface area (Å²) in [5, 5.41) is 19.5. The van der Waals surface area contributed by atoms with E-state index < -0.39 is 0 Å². The van der Waals surface area contributed by atoms with Gasteiger partial charge in [0.25, 0.3) is 0 Å². The smallest absolute Gasteiger partial charge is 0.235 e. The maximum atomic E-state index is 5.61. The summed E-state index contributed by atoms with van der Waals surface area (Å²) in [5.74, 6) is 0.620. The molecule has 0 aliphatic heterocycles. The standard InChI is InChI=1S/C76H46N4/c1-2-16-47(17-3-1)48-30-36-53(37-31-48)79-72-28-14-12-26-64(72)68-42-49(34-40-74(68)79)50-35-41-75-69(43-50)65-27-13-15-29-73(65)80(75)76-77-70(51-32-38-62-58-22-6-4-18-54(58)56-20-8-10-24-60(56)66(62)44-51)46-71(78-76)52-33-39-63-59-23-7-5-19-55(59)57-21-9-11-25-61(57)67(63)45-52/h1-46H. The lowest BCUT2D eigenvalue weighted by atomic mass is 9.92. The van der Waals surface area contributed by atoms with Crippen molar-refractivity contribution >= 4 is 108 Å². The molecule has 4 heteroatoms. The van der Waals surface area contributed by atoms with Crippen molar-refractivity contribution in [3.63, 3.8) is 0 Å². The van der Waals surface area contributed by atoms with Crippen molar-refractivity contribution in [1.82, 2.24) is 19.1 Å². The molecule has 17 aromatic rings. The molecule has 80 heavy (non-hydrogen) atoms. The van der Waals surface area contributed by atoms with E-state index in [0.717, 1.165) is 61.1 Å². The Morgan fingerprint density at radius 1 is 0.188 bits per heavy atom. The summed E-state index contributed by atoms with van der Waals surface area (Å²) in [6, 6.07) is 102. The maximum absolute atomic E-state index is 5.61. The summed E-state index contributed by atoms with van der Waals surface area (Å²) in [4.78, 5) is 11.2. The molecule has 0 aliphatic rings. The SMILES string of the molecule is c1ccc(-c2ccc(-n3c4ccccc4c4cc(-c5ccc6c(c5)c5ccccc5n6-c5nc(-c6ccc7c8ccccc8c8ccccc8c7c6)cc(-c6ccc7c8ccccc8c8ccccc8c7c6)n5)ccc43)cc2)cc1. The Kier molecular flexibility index (Phi) is 9.68. The van der Waals surface area contributed by atoms with Crippen molar-refractivity contribution in [1.29, 1.82) is 0 Å². The molecule has 0 saturated carbocycles. The third kappa shape index (κ3) is 6.76. The zero-order valence-corrected chi connectivity index (χ0v) is 43.3. The molecule has 0 N–H and O–H groups in total. The Labute approximate surface area is 460 Å². The van der Waals surface area contributed by atoms with Gasteiger partial charge in [-0.25, -0.2) is 9.97 Å². The van der Waals surface area contributed by atoms with Gasteiger partial charge >= 0.3 is 0 Å². The highest BCUT2D eigenvalue weighted by atomic mass is 15.2. The Bertz CT molecular complexity index is 5170. The largest absolute Gasteiger partial charge is 0.309 e. The molecule has 17 rings (SSSR count). The first-order chi connectivity index (χ1) is 39.7. The topological polar surface area (TPSA) is 35.6 Å². The minimum atomic E-state index is 0.620. The molecule has 0 bridgehead atoms. The lowest BCUT2D eigenvalue weighted by Gasteiger charge is -2.15. The number of nitrogens with zero attached hydrogens (tertiary/aromatic N) is 4. The quantitative estimate of drug-likeness (QED) is 0.156. The molecule has 14 aromatic carbocycles. The van der Waals surface area contributed by atoms with Crippen LogP contribution in [0.3, 0.4) is 0 Å². The summed E-state index contributed by atoms with van der Waals surface area (Å²) in [7, 11) is 0. The summed E-state index contributed by atoms with van der Waals surface area (Å²) in [5.41, 5.74) is 14.1. The van der Waals surface area contributed by atoms with Crippen LogP contribution in [0.15, 0.2) is 279 Å². The van der Waals surface area contributed by atoms with E-state index in [-0.39, 0.29) is 0 Å². The third-order valence-electron chi connectivity index (χ3n) is 16.9. The van der Waals surface area contributed by atoms with Gasteiger partial charge in [-0.1, -0.05) is 212 Å². The Morgan fingerprint density at radius 3 is 0.963 bits per heavy atom. The van der Waals surface area contributed by atoms with E-state index >= 15 is 0 Å². The van der Waals surface area contributed by atoms with Gasteiger partial charge in [-0.15, -0.1) is 0 Å².